The normalized spacial score (nSPS) is 13.9. The topological polar surface area (TPSA) is 104 Å². The molecule has 0 spiro atoms. The van der Waals surface area contributed by atoms with Crippen LogP contribution in [0.5, 0.6) is 0 Å². The molecule has 0 unspecified atom stereocenters. The van der Waals surface area contributed by atoms with Crippen LogP contribution in [0.1, 0.15) is 29.0 Å². The third kappa shape index (κ3) is 4.30. The first-order chi connectivity index (χ1) is 12.0. The van der Waals surface area contributed by atoms with Crippen molar-refractivity contribution in [1.82, 2.24) is 15.3 Å². The van der Waals surface area contributed by atoms with Crippen LogP contribution in [0.4, 0.5) is 11.5 Å². The molecule has 8 heteroatoms. The molecule has 132 valence electrons. The molecule has 3 rings (SSSR count). The lowest BCUT2D eigenvalue weighted by molar-refractivity contribution is 0.0954. The summed E-state index contributed by atoms with van der Waals surface area (Å²) in [6, 6.07) is 6.56. The highest BCUT2D eigenvalue weighted by atomic mass is 35.5. The molecule has 0 aliphatic carbocycles. The average Bonchev–Trinajstić information content (AvgIpc) is 3.08. The van der Waals surface area contributed by atoms with Gasteiger partial charge in [0.1, 0.15) is 11.6 Å². The molecule has 1 aromatic heterocycles. The van der Waals surface area contributed by atoms with Crippen LogP contribution in [0.3, 0.4) is 0 Å². The number of carbonyl (C=O) groups is 1. The number of amides is 1. The second-order valence-electron chi connectivity index (χ2n) is 5.98. The summed E-state index contributed by atoms with van der Waals surface area (Å²) in [7, 11) is 0. The molecular weight excluding hydrogens is 342 g/mol. The first-order valence-electron chi connectivity index (χ1n) is 8.21. The van der Waals surface area contributed by atoms with E-state index >= 15 is 0 Å². The number of rotatable bonds is 5. The summed E-state index contributed by atoms with van der Waals surface area (Å²) >= 11 is 6.33. The fourth-order valence-corrected chi connectivity index (χ4v) is 3.21. The summed E-state index contributed by atoms with van der Waals surface area (Å²) in [6.45, 7) is 2.32. The number of nitrogen functional groups attached to an aromatic ring is 1. The number of aromatic nitrogens is 2. The maximum Gasteiger partial charge on any atom is 0.252 e. The Bertz CT molecular complexity index is 830. The number of hydrogen-bond donors (Lipinski definition) is 3. The van der Waals surface area contributed by atoms with Gasteiger partial charge in [0.05, 0.1) is 10.7 Å². The predicted octanol–water partition coefficient (Wildman–Crippen LogP) is 1.58. The molecule has 4 N–H and O–H groups in total. The largest absolute Gasteiger partial charge is 0.383 e. The highest BCUT2D eigenvalue weighted by molar-refractivity contribution is 6.33. The Morgan fingerprint density at radius 1 is 1.32 bits per heavy atom. The van der Waals surface area contributed by atoms with Crippen LogP contribution in [-0.2, 0) is 6.42 Å². The number of hydrogen-bond acceptors (Lipinski definition) is 5. The van der Waals surface area contributed by atoms with Crippen molar-refractivity contribution in [3.05, 3.63) is 51.0 Å². The maximum atomic E-state index is 12.3. The summed E-state index contributed by atoms with van der Waals surface area (Å²) in [6.07, 6.45) is 2.71. The summed E-state index contributed by atoms with van der Waals surface area (Å²) in [4.78, 5) is 32.4. The lowest BCUT2D eigenvalue weighted by atomic mass is 10.2. The minimum Gasteiger partial charge on any atom is -0.383 e. The zero-order valence-corrected chi connectivity index (χ0v) is 14.5. The van der Waals surface area contributed by atoms with Gasteiger partial charge in [-0.25, -0.2) is 4.98 Å². The van der Waals surface area contributed by atoms with Gasteiger partial charge in [-0.3, -0.25) is 9.59 Å². The SMILES string of the molecule is Nc1cc(=O)[nH]c(CCNC(=O)c2ccc(N3CCCC3)c(Cl)c2)n1. The number of nitrogens with two attached hydrogens (primary N) is 1. The molecule has 0 bridgehead atoms. The summed E-state index contributed by atoms with van der Waals surface area (Å²) in [5.74, 6) is 0.378. The van der Waals surface area contributed by atoms with Gasteiger partial charge in [0.25, 0.3) is 11.5 Å². The fourth-order valence-electron chi connectivity index (χ4n) is 2.91. The summed E-state index contributed by atoms with van der Waals surface area (Å²) in [5.41, 5.74) is 6.69. The highest BCUT2D eigenvalue weighted by Gasteiger charge is 2.16. The molecular formula is C17H20ClN5O2. The van der Waals surface area contributed by atoms with E-state index < -0.39 is 0 Å². The average molecular weight is 362 g/mol. The van der Waals surface area contributed by atoms with Crippen molar-refractivity contribution in [2.75, 3.05) is 30.3 Å². The van der Waals surface area contributed by atoms with Crippen molar-refractivity contribution in [2.45, 2.75) is 19.3 Å². The number of H-pyrrole nitrogens is 1. The van der Waals surface area contributed by atoms with Crippen molar-refractivity contribution < 1.29 is 4.79 Å². The number of benzene rings is 1. The third-order valence-electron chi connectivity index (χ3n) is 4.11. The monoisotopic (exact) mass is 361 g/mol. The number of nitrogens with one attached hydrogen (secondary N) is 2. The van der Waals surface area contributed by atoms with Crippen LogP contribution in [0, 0.1) is 0 Å². The van der Waals surface area contributed by atoms with Crippen molar-refractivity contribution in [3.8, 4) is 0 Å². The zero-order valence-electron chi connectivity index (χ0n) is 13.7. The molecule has 1 aromatic carbocycles. The van der Waals surface area contributed by atoms with E-state index in [2.05, 4.69) is 20.2 Å². The quantitative estimate of drug-likeness (QED) is 0.750. The van der Waals surface area contributed by atoms with Gasteiger partial charge < -0.3 is 20.9 Å². The molecule has 1 saturated heterocycles. The lowest BCUT2D eigenvalue weighted by Gasteiger charge is -2.19. The number of anilines is 2. The van der Waals surface area contributed by atoms with Crippen molar-refractivity contribution >= 4 is 29.0 Å². The van der Waals surface area contributed by atoms with Gasteiger partial charge in [-0.2, -0.15) is 0 Å². The van der Waals surface area contributed by atoms with E-state index in [0.29, 0.717) is 29.4 Å². The molecule has 25 heavy (non-hydrogen) atoms. The van der Waals surface area contributed by atoms with Crippen molar-refractivity contribution in [2.24, 2.45) is 0 Å². The van der Waals surface area contributed by atoms with Crippen LogP contribution < -0.4 is 21.5 Å². The minimum absolute atomic E-state index is 0.161. The molecule has 1 amide bonds. The predicted molar refractivity (Wildman–Crippen MR) is 98.2 cm³/mol. The second kappa shape index (κ2) is 7.57. The second-order valence-corrected chi connectivity index (χ2v) is 6.39. The number of aromatic amines is 1. The van der Waals surface area contributed by atoms with Gasteiger partial charge in [-0.05, 0) is 31.0 Å². The maximum absolute atomic E-state index is 12.3. The Morgan fingerprint density at radius 2 is 2.08 bits per heavy atom. The van der Waals surface area contributed by atoms with Crippen LogP contribution in [0.25, 0.3) is 0 Å². The number of halogens is 1. The molecule has 2 aromatic rings. The van der Waals surface area contributed by atoms with Gasteiger partial charge in [0.15, 0.2) is 0 Å². The highest BCUT2D eigenvalue weighted by Crippen LogP contribution is 2.29. The van der Waals surface area contributed by atoms with Gasteiger partial charge in [-0.1, -0.05) is 11.6 Å². The van der Waals surface area contributed by atoms with Crippen LogP contribution >= 0.6 is 11.6 Å². The minimum atomic E-state index is -0.307. The van der Waals surface area contributed by atoms with E-state index in [1.165, 1.54) is 18.9 Å². The van der Waals surface area contributed by atoms with E-state index in [9.17, 15) is 9.59 Å². The third-order valence-corrected chi connectivity index (χ3v) is 4.42. The van der Waals surface area contributed by atoms with Gasteiger partial charge in [-0.15, -0.1) is 0 Å². The van der Waals surface area contributed by atoms with Crippen LogP contribution in [0.15, 0.2) is 29.1 Å². The van der Waals surface area contributed by atoms with Gasteiger partial charge in [0, 0.05) is 37.7 Å². The lowest BCUT2D eigenvalue weighted by Crippen LogP contribution is -2.27. The molecule has 0 radical (unpaired) electrons. The van der Waals surface area contributed by atoms with E-state index in [-0.39, 0.29) is 17.3 Å². The smallest absolute Gasteiger partial charge is 0.252 e. The molecule has 0 atom stereocenters. The number of nitrogens with zero attached hydrogens (tertiary/aromatic N) is 2. The Morgan fingerprint density at radius 3 is 2.76 bits per heavy atom. The van der Waals surface area contributed by atoms with E-state index in [0.717, 1.165) is 18.8 Å². The Kier molecular flexibility index (Phi) is 5.23. The number of carbonyl (C=O) groups excluding carboxylic acids is 1. The van der Waals surface area contributed by atoms with Crippen molar-refractivity contribution in [3.63, 3.8) is 0 Å². The molecule has 1 aliphatic rings. The molecule has 7 nitrogen and oxygen atoms in total. The van der Waals surface area contributed by atoms with Gasteiger partial charge in [0.2, 0.25) is 0 Å². The van der Waals surface area contributed by atoms with E-state index in [1.54, 1.807) is 12.1 Å². The Balaban J connectivity index is 1.59. The first-order valence-corrected chi connectivity index (χ1v) is 8.59. The molecule has 1 fully saturated rings. The standard InChI is InChI=1S/C17H20ClN5O2/c18-12-9-11(3-4-13(12)23-7-1-2-8-23)17(25)20-6-5-15-21-14(19)10-16(24)22-15/h3-4,9-10H,1-2,5-8H2,(H,20,25)(H3,19,21,22,24). The Labute approximate surface area is 150 Å². The summed E-state index contributed by atoms with van der Waals surface area (Å²) in [5, 5.41) is 3.37. The van der Waals surface area contributed by atoms with E-state index in [4.69, 9.17) is 17.3 Å². The van der Waals surface area contributed by atoms with Crippen molar-refractivity contribution in [1.29, 1.82) is 0 Å². The molecule has 1 aliphatic heterocycles. The first kappa shape index (κ1) is 17.3. The van der Waals surface area contributed by atoms with Crippen LogP contribution in [-0.4, -0.2) is 35.5 Å². The van der Waals surface area contributed by atoms with E-state index in [1.807, 2.05) is 6.07 Å². The Hall–Kier alpha value is -2.54. The molecule has 2 heterocycles. The molecule has 0 saturated carbocycles. The summed E-state index contributed by atoms with van der Waals surface area (Å²) < 4.78 is 0. The zero-order chi connectivity index (χ0) is 17.8. The fraction of sp³-hybridized carbons (Fsp3) is 0.353. The van der Waals surface area contributed by atoms with Crippen LogP contribution in [0.2, 0.25) is 5.02 Å². The van der Waals surface area contributed by atoms with Gasteiger partial charge >= 0.3 is 0 Å².